The van der Waals surface area contributed by atoms with E-state index in [-0.39, 0.29) is 12.2 Å². The molecular formula is C16H17BrClNO2. The van der Waals surface area contributed by atoms with E-state index in [1.165, 1.54) is 0 Å². The van der Waals surface area contributed by atoms with E-state index in [0.29, 0.717) is 9.85 Å². The summed E-state index contributed by atoms with van der Waals surface area (Å²) in [5.74, 6) is 0.768. The molecule has 1 fully saturated rings. The monoisotopic (exact) mass is 369 g/mol. The lowest BCUT2D eigenvalue weighted by molar-refractivity contribution is -0.0757. The quantitative estimate of drug-likeness (QED) is 0.721. The Labute approximate surface area is 137 Å². The first-order chi connectivity index (χ1) is 10.2. The van der Waals surface area contributed by atoms with Crippen molar-refractivity contribution in [3.63, 3.8) is 0 Å². The number of halogens is 2. The lowest BCUT2D eigenvalue weighted by Gasteiger charge is -2.41. The summed E-state index contributed by atoms with van der Waals surface area (Å²) in [5, 5.41) is 1.61. The van der Waals surface area contributed by atoms with Gasteiger partial charge in [0.15, 0.2) is 0 Å². The van der Waals surface area contributed by atoms with E-state index in [4.69, 9.17) is 21.1 Å². The first-order valence-electron chi connectivity index (χ1n) is 7.16. The molecule has 0 N–H and O–H groups in total. The summed E-state index contributed by atoms with van der Waals surface area (Å²) < 4.78 is 12.0. The predicted molar refractivity (Wildman–Crippen MR) is 88.5 cm³/mol. The van der Waals surface area contributed by atoms with E-state index in [2.05, 4.69) is 27.8 Å². The van der Waals surface area contributed by atoms with Gasteiger partial charge in [-0.15, -0.1) is 0 Å². The Balaban J connectivity index is 1.81. The van der Waals surface area contributed by atoms with Crippen LogP contribution in [0.15, 0.2) is 30.5 Å². The molecule has 0 saturated heterocycles. The fourth-order valence-electron chi connectivity index (χ4n) is 2.48. The van der Waals surface area contributed by atoms with Crippen LogP contribution in [0.5, 0.6) is 5.75 Å². The highest BCUT2D eigenvalue weighted by atomic mass is 79.9. The highest BCUT2D eigenvalue weighted by molar-refractivity contribution is 9.09. The Morgan fingerprint density at radius 3 is 3.00 bits per heavy atom. The molecule has 1 aromatic heterocycles. The molecular weight excluding hydrogens is 354 g/mol. The number of alkyl halides is 1. The topological polar surface area (TPSA) is 31.4 Å². The van der Waals surface area contributed by atoms with E-state index in [1.807, 2.05) is 24.3 Å². The molecule has 0 radical (unpaired) electrons. The smallest absolute Gasteiger partial charge is 0.146 e. The molecule has 0 spiro atoms. The number of aromatic nitrogens is 1. The van der Waals surface area contributed by atoms with Crippen molar-refractivity contribution in [3.8, 4) is 5.75 Å². The maximum Gasteiger partial charge on any atom is 0.146 e. The second kappa shape index (κ2) is 6.51. The number of pyridine rings is 1. The Kier molecular flexibility index (Phi) is 4.67. The maximum absolute atomic E-state index is 6.21. The highest BCUT2D eigenvalue weighted by Gasteiger charge is 2.42. The van der Waals surface area contributed by atoms with E-state index in [1.54, 1.807) is 6.20 Å². The standard InChI is InChI=1S/C16H17BrClNO2/c1-2-8-20-16-11(17)9-14(16)21-13-6-5-12(18)10-4-3-7-19-15(10)13/h3-7,11,14,16H,2,8-9H2,1H3. The summed E-state index contributed by atoms with van der Waals surface area (Å²) in [6, 6.07) is 7.57. The zero-order chi connectivity index (χ0) is 14.8. The number of benzene rings is 1. The van der Waals surface area contributed by atoms with Gasteiger partial charge in [-0.1, -0.05) is 34.5 Å². The third kappa shape index (κ3) is 3.03. The summed E-state index contributed by atoms with van der Waals surface area (Å²) in [4.78, 5) is 4.76. The van der Waals surface area contributed by atoms with Crippen molar-refractivity contribution in [1.82, 2.24) is 4.98 Å². The van der Waals surface area contributed by atoms with Crippen LogP contribution in [0.1, 0.15) is 19.8 Å². The summed E-state index contributed by atoms with van der Waals surface area (Å²) in [6.45, 7) is 2.86. The van der Waals surface area contributed by atoms with Crippen LogP contribution in [-0.2, 0) is 4.74 Å². The van der Waals surface area contributed by atoms with Crippen molar-refractivity contribution in [2.45, 2.75) is 36.8 Å². The minimum absolute atomic E-state index is 0.0623. The van der Waals surface area contributed by atoms with Gasteiger partial charge in [-0.2, -0.15) is 0 Å². The summed E-state index contributed by atoms with van der Waals surface area (Å²) in [6.07, 6.45) is 3.86. The first-order valence-corrected chi connectivity index (χ1v) is 8.45. The van der Waals surface area contributed by atoms with Gasteiger partial charge in [0, 0.05) is 29.4 Å². The molecule has 1 heterocycles. The third-order valence-electron chi connectivity index (χ3n) is 3.65. The molecule has 0 aliphatic heterocycles. The molecule has 112 valence electrons. The van der Waals surface area contributed by atoms with Crippen molar-refractivity contribution in [3.05, 3.63) is 35.5 Å². The number of hydrogen-bond donors (Lipinski definition) is 0. The van der Waals surface area contributed by atoms with Crippen molar-refractivity contribution in [2.24, 2.45) is 0 Å². The lowest BCUT2D eigenvalue weighted by Crippen LogP contribution is -2.52. The van der Waals surface area contributed by atoms with Gasteiger partial charge in [0.05, 0.1) is 5.02 Å². The molecule has 0 bridgehead atoms. The van der Waals surface area contributed by atoms with E-state index < -0.39 is 0 Å². The number of ether oxygens (including phenoxy) is 2. The molecule has 21 heavy (non-hydrogen) atoms. The van der Waals surface area contributed by atoms with Gasteiger partial charge in [-0.3, -0.25) is 4.98 Å². The van der Waals surface area contributed by atoms with E-state index in [0.717, 1.165) is 36.1 Å². The van der Waals surface area contributed by atoms with Crippen LogP contribution in [0.4, 0.5) is 0 Å². The van der Waals surface area contributed by atoms with Crippen molar-refractivity contribution < 1.29 is 9.47 Å². The van der Waals surface area contributed by atoms with E-state index >= 15 is 0 Å². The Bertz CT molecular complexity index is 637. The Morgan fingerprint density at radius 1 is 1.38 bits per heavy atom. The first kappa shape index (κ1) is 15.1. The van der Waals surface area contributed by atoms with E-state index in [9.17, 15) is 0 Å². The summed E-state index contributed by atoms with van der Waals surface area (Å²) in [5.41, 5.74) is 0.803. The number of hydrogen-bond acceptors (Lipinski definition) is 3. The van der Waals surface area contributed by atoms with Crippen molar-refractivity contribution in [2.75, 3.05) is 6.61 Å². The fraction of sp³-hybridized carbons (Fsp3) is 0.438. The molecule has 3 unspecified atom stereocenters. The largest absolute Gasteiger partial charge is 0.485 e. The minimum Gasteiger partial charge on any atom is -0.485 e. The number of nitrogens with zero attached hydrogens (tertiary/aromatic N) is 1. The average Bonchev–Trinajstić information content (AvgIpc) is 2.50. The van der Waals surface area contributed by atoms with Gasteiger partial charge in [0.2, 0.25) is 0 Å². The molecule has 1 aromatic carbocycles. The van der Waals surface area contributed by atoms with Crippen molar-refractivity contribution in [1.29, 1.82) is 0 Å². The second-order valence-electron chi connectivity index (χ2n) is 5.19. The molecule has 1 aliphatic rings. The van der Waals surface area contributed by atoms with Crippen LogP contribution < -0.4 is 4.74 Å². The van der Waals surface area contributed by atoms with Gasteiger partial charge in [-0.25, -0.2) is 0 Å². The molecule has 0 amide bonds. The summed E-state index contributed by atoms with van der Waals surface area (Å²) >= 11 is 9.84. The fourth-order valence-corrected chi connectivity index (χ4v) is 3.56. The maximum atomic E-state index is 6.21. The van der Waals surface area contributed by atoms with Crippen LogP contribution in [0.3, 0.4) is 0 Å². The van der Waals surface area contributed by atoms with Gasteiger partial charge in [0.25, 0.3) is 0 Å². The molecule has 3 atom stereocenters. The second-order valence-corrected chi connectivity index (χ2v) is 6.77. The SMILES string of the molecule is CCCOC1C(Br)CC1Oc1ccc(Cl)c2cccnc12. The van der Waals surface area contributed by atoms with Crippen LogP contribution in [-0.4, -0.2) is 28.6 Å². The van der Waals surface area contributed by atoms with Crippen LogP contribution in [0.25, 0.3) is 10.9 Å². The van der Waals surface area contributed by atoms with Gasteiger partial charge < -0.3 is 9.47 Å². The van der Waals surface area contributed by atoms with Crippen molar-refractivity contribution >= 4 is 38.4 Å². The number of fused-ring (bicyclic) bond motifs is 1. The van der Waals surface area contributed by atoms with Gasteiger partial charge in [0.1, 0.15) is 23.5 Å². The molecule has 5 heteroatoms. The Hall–Kier alpha value is -0.840. The zero-order valence-corrected chi connectivity index (χ0v) is 14.1. The number of rotatable bonds is 5. The lowest BCUT2D eigenvalue weighted by atomic mass is 9.91. The average molecular weight is 371 g/mol. The molecule has 2 aromatic rings. The van der Waals surface area contributed by atoms with Crippen LogP contribution in [0.2, 0.25) is 5.02 Å². The molecule has 1 aliphatic carbocycles. The van der Waals surface area contributed by atoms with Gasteiger partial charge >= 0.3 is 0 Å². The van der Waals surface area contributed by atoms with Crippen LogP contribution in [0, 0.1) is 0 Å². The Morgan fingerprint density at radius 2 is 2.24 bits per heavy atom. The van der Waals surface area contributed by atoms with Gasteiger partial charge in [-0.05, 0) is 30.7 Å². The predicted octanol–water partition coefficient (Wildman–Crippen LogP) is 4.60. The summed E-state index contributed by atoms with van der Waals surface area (Å²) in [7, 11) is 0. The normalized spacial score (nSPS) is 24.8. The molecule has 3 rings (SSSR count). The zero-order valence-electron chi connectivity index (χ0n) is 11.8. The third-order valence-corrected chi connectivity index (χ3v) is 4.88. The minimum atomic E-state index is 0.0623. The molecule has 3 nitrogen and oxygen atoms in total. The van der Waals surface area contributed by atoms with Crippen LogP contribution >= 0.6 is 27.5 Å². The molecule has 1 saturated carbocycles. The highest BCUT2D eigenvalue weighted by Crippen LogP contribution is 2.37.